The van der Waals surface area contributed by atoms with Crippen molar-refractivity contribution >= 4 is 34.1 Å². The monoisotopic (exact) mass is 350 g/mol. The molecule has 0 unspecified atom stereocenters. The standard InChI is InChI=1S/C20H18N2O4/c1-26-17-8-4-7-16(21-20(24)25)19(17)22-18(23)12-13-9-10-14-5-2-3-6-15(14)11-13/h2-11,21H,12H2,1H3,(H,22,23)(H,24,25). The summed E-state index contributed by atoms with van der Waals surface area (Å²) in [6.45, 7) is 0. The molecule has 26 heavy (non-hydrogen) atoms. The van der Waals surface area contributed by atoms with Crippen LogP contribution in [0.5, 0.6) is 5.75 Å². The summed E-state index contributed by atoms with van der Waals surface area (Å²) in [5.41, 5.74) is 1.41. The fraction of sp³-hybridized carbons (Fsp3) is 0.100. The third-order valence-corrected chi connectivity index (χ3v) is 3.93. The van der Waals surface area contributed by atoms with E-state index in [0.29, 0.717) is 11.4 Å². The number of fused-ring (bicyclic) bond motifs is 1. The Balaban J connectivity index is 1.81. The van der Waals surface area contributed by atoms with Gasteiger partial charge in [-0.2, -0.15) is 0 Å². The summed E-state index contributed by atoms with van der Waals surface area (Å²) in [6.07, 6.45) is -1.06. The molecular formula is C20H18N2O4. The van der Waals surface area contributed by atoms with Crippen LogP contribution in [-0.2, 0) is 11.2 Å². The maximum absolute atomic E-state index is 12.5. The smallest absolute Gasteiger partial charge is 0.409 e. The summed E-state index contributed by atoms with van der Waals surface area (Å²) < 4.78 is 5.23. The molecule has 0 fully saturated rings. The number of carboxylic acid groups (broad SMARTS) is 1. The first-order valence-corrected chi connectivity index (χ1v) is 8.01. The molecule has 0 saturated heterocycles. The second-order valence-corrected chi connectivity index (χ2v) is 5.72. The van der Waals surface area contributed by atoms with Gasteiger partial charge in [-0.25, -0.2) is 4.79 Å². The molecular weight excluding hydrogens is 332 g/mol. The molecule has 3 rings (SSSR count). The second kappa shape index (κ2) is 7.57. The lowest BCUT2D eigenvalue weighted by atomic mass is 10.0. The Kier molecular flexibility index (Phi) is 5.03. The van der Waals surface area contributed by atoms with Crippen molar-refractivity contribution in [3.8, 4) is 5.75 Å². The number of amides is 2. The van der Waals surface area contributed by atoms with Crippen LogP contribution in [0.2, 0.25) is 0 Å². The predicted octanol–water partition coefficient (Wildman–Crippen LogP) is 4.12. The van der Waals surface area contributed by atoms with Crippen LogP contribution in [0.3, 0.4) is 0 Å². The number of methoxy groups -OCH3 is 1. The Morgan fingerprint density at radius 3 is 2.46 bits per heavy atom. The van der Waals surface area contributed by atoms with Gasteiger partial charge in [0.2, 0.25) is 5.91 Å². The Morgan fingerprint density at radius 1 is 0.962 bits per heavy atom. The van der Waals surface area contributed by atoms with Gasteiger partial charge in [0.25, 0.3) is 0 Å². The van der Waals surface area contributed by atoms with Gasteiger partial charge < -0.3 is 15.2 Å². The number of para-hydroxylation sites is 1. The highest BCUT2D eigenvalue weighted by Crippen LogP contribution is 2.32. The molecule has 0 aromatic heterocycles. The SMILES string of the molecule is COc1cccc(NC(=O)O)c1NC(=O)Cc1ccc2ccccc2c1. The van der Waals surface area contributed by atoms with E-state index in [9.17, 15) is 9.59 Å². The summed E-state index contributed by atoms with van der Waals surface area (Å²) in [4.78, 5) is 23.4. The lowest BCUT2D eigenvalue weighted by Crippen LogP contribution is -2.17. The quantitative estimate of drug-likeness (QED) is 0.646. The largest absolute Gasteiger partial charge is 0.494 e. The molecule has 3 aromatic carbocycles. The summed E-state index contributed by atoms with van der Waals surface area (Å²) >= 11 is 0. The first kappa shape index (κ1) is 17.3. The summed E-state index contributed by atoms with van der Waals surface area (Å²) in [7, 11) is 1.46. The van der Waals surface area contributed by atoms with Crippen molar-refractivity contribution < 1.29 is 19.4 Å². The van der Waals surface area contributed by atoms with Crippen molar-refractivity contribution in [2.75, 3.05) is 17.7 Å². The summed E-state index contributed by atoms with van der Waals surface area (Å²) in [5, 5.41) is 16.1. The molecule has 0 aliphatic carbocycles. The number of nitrogens with one attached hydrogen (secondary N) is 2. The van der Waals surface area contributed by atoms with Crippen LogP contribution in [0.4, 0.5) is 16.2 Å². The van der Waals surface area contributed by atoms with Gasteiger partial charge in [-0.3, -0.25) is 10.1 Å². The predicted molar refractivity (Wildman–Crippen MR) is 101 cm³/mol. The van der Waals surface area contributed by atoms with Crippen LogP contribution >= 0.6 is 0 Å². The van der Waals surface area contributed by atoms with Crippen LogP contribution in [0.1, 0.15) is 5.56 Å². The van der Waals surface area contributed by atoms with E-state index in [1.54, 1.807) is 18.2 Å². The molecule has 0 atom stereocenters. The van der Waals surface area contributed by atoms with Crippen molar-refractivity contribution in [3.63, 3.8) is 0 Å². The van der Waals surface area contributed by atoms with Crippen molar-refractivity contribution in [1.82, 2.24) is 0 Å². The third-order valence-electron chi connectivity index (χ3n) is 3.93. The number of anilines is 2. The Hall–Kier alpha value is -3.54. The summed E-state index contributed by atoms with van der Waals surface area (Å²) in [5.74, 6) is 0.112. The zero-order valence-electron chi connectivity index (χ0n) is 14.2. The van der Waals surface area contributed by atoms with Gasteiger partial charge >= 0.3 is 6.09 Å². The normalized spacial score (nSPS) is 10.3. The lowest BCUT2D eigenvalue weighted by molar-refractivity contribution is -0.115. The van der Waals surface area contributed by atoms with Gasteiger partial charge in [-0.1, -0.05) is 48.5 Å². The van der Waals surface area contributed by atoms with E-state index in [1.165, 1.54) is 7.11 Å². The first-order valence-electron chi connectivity index (χ1n) is 8.01. The average Bonchev–Trinajstić information content (AvgIpc) is 2.62. The highest BCUT2D eigenvalue weighted by atomic mass is 16.5. The lowest BCUT2D eigenvalue weighted by Gasteiger charge is -2.14. The molecule has 0 spiro atoms. The maximum atomic E-state index is 12.5. The Bertz CT molecular complexity index is 969. The van der Waals surface area contributed by atoms with Crippen LogP contribution in [0.15, 0.2) is 60.7 Å². The average molecular weight is 350 g/mol. The Labute approximate surface area is 150 Å². The van der Waals surface area contributed by atoms with Crippen LogP contribution in [-0.4, -0.2) is 24.2 Å². The van der Waals surface area contributed by atoms with Crippen LogP contribution < -0.4 is 15.4 Å². The first-order chi connectivity index (χ1) is 12.6. The number of carbonyl (C=O) groups is 2. The molecule has 3 aromatic rings. The van der Waals surface area contributed by atoms with E-state index >= 15 is 0 Å². The van der Waals surface area contributed by atoms with Crippen molar-refractivity contribution in [3.05, 3.63) is 66.2 Å². The highest BCUT2D eigenvalue weighted by Gasteiger charge is 2.14. The highest BCUT2D eigenvalue weighted by molar-refractivity contribution is 6.00. The Morgan fingerprint density at radius 2 is 1.73 bits per heavy atom. The van der Waals surface area contributed by atoms with Crippen LogP contribution in [0.25, 0.3) is 10.8 Å². The molecule has 0 aliphatic heterocycles. The van der Waals surface area contributed by atoms with E-state index < -0.39 is 6.09 Å². The van der Waals surface area contributed by atoms with Gasteiger partial charge in [-0.05, 0) is 28.5 Å². The zero-order chi connectivity index (χ0) is 18.5. The minimum atomic E-state index is -1.22. The van der Waals surface area contributed by atoms with Gasteiger partial charge in [0.05, 0.1) is 19.2 Å². The molecule has 0 saturated carbocycles. The second-order valence-electron chi connectivity index (χ2n) is 5.72. The number of carbonyl (C=O) groups excluding carboxylic acids is 1. The maximum Gasteiger partial charge on any atom is 0.409 e. The van der Waals surface area contributed by atoms with E-state index in [-0.39, 0.29) is 18.0 Å². The molecule has 2 amide bonds. The van der Waals surface area contributed by atoms with Crippen molar-refractivity contribution in [1.29, 1.82) is 0 Å². The minimum Gasteiger partial charge on any atom is -0.494 e. The van der Waals surface area contributed by atoms with E-state index in [2.05, 4.69) is 10.6 Å². The number of hydrogen-bond donors (Lipinski definition) is 3. The molecule has 0 radical (unpaired) electrons. The zero-order valence-corrected chi connectivity index (χ0v) is 14.2. The molecule has 6 nitrogen and oxygen atoms in total. The number of hydrogen-bond acceptors (Lipinski definition) is 3. The number of ether oxygens (including phenoxy) is 1. The minimum absolute atomic E-state index is 0.162. The molecule has 132 valence electrons. The number of rotatable bonds is 5. The topological polar surface area (TPSA) is 87.7 Å². The van der Waals surface area contributed by atoms with E-state index in [4.69, 9.17) is 9.84 Å². The van der Waals surface area contributed by atoms with Gasteiger partial charge in [-0.15, -0.1) is 0 Å². The molecule has 0 aliphatic rings. The fourth-order valence-electron chi connectivity index (χ4n) is 2.77. The molecule has 0 heterocycles. The van der Waals surface area contributed by atoms with E-state index in [0.717, 1.165) is 16.3 Å². The fourth-order valence-corrected chi connectivity index (χ4v) is 2.77. The summed E-state index contributed by atoms with van der Waals surface area (Å²) in [6, 6.07) is 18.6. The van der Waals surface area contributed by atoms with E-state index in [1.807, 2.05) is 42.5 Å². The van der Waals surface area contributed by atoms with Gasteiger partial charge in [0.15, 0.2) is 0 Å². The molecule has 3 N–H and O–H groups in total. The number of benzene rings is 3. The van der Waals surface area contributed by atoms with Crippen LogP contribution in [0, 0.1) is 0 Å². The molecule has 6 heteroatoms. The van der Waals surface area contributed by atoms with Gasteiger partial charge in [0.1, 0.15) is 11.4 Å². The third kappa shape index (κ3) is 3.92. The van der Waals surface area contributed by atoms with Crippen molar-refractivity contribution in [2.24, 2.45) is 0 Å². The van der Waals surface area contributed by atoms with Gasteiger partial charge in [0, 0.05) is 0 Å². The van der Waals surface area contributed by atoms with Crippen molar-refractivity contribution in [2.45, 2.75) is 6.42 Å². The molecule has 0 bridgehead atoms.